The molecule has 0 bridgehead atoms. The lowest BCUT2D eigenvalue weighted by Gasteiger charge is -2.29. The third kappa shape index (κ3) is 20.7. The number of benzene rings is 9. The van der Waals surface area contributed by atoms with Crippen LogP contribution in [0.1, 0.15) is 174 Å². The number of nitrogen functional groups attached to an aromatic ring is 1. The lowest BCUT2D eigenvalue weighted by Crippen LogP contribution is -2.28. The van der Waals surface area contributed by atoms with Crippen molar-refractivity contribution < 1.29 is 80.1 Å². The van der Waals surface area contributed by atoms with Crippen LogP contribution in [0.25, 0.3) is 48.7 Å². The zero-order chi connectivity index (χ0) is 93.2. The Bertz CT molecular complexity index is 6810. The third-order valence-corrected chi connectivity index (χ3v) is 30.1. The van der Waals surface area contributed by atoms with Crippen LogP contribution in [0.4, 0.5) is 28.4 Å². The van der Waals surface area contributed by atoms with E-state index in [1.165, 1.54) is 5.56 Å². The fourth-order valence-corrected chi connectivity index (χ4v) is 23.0. The van der Waals surface area contributed by atoms with Gasteiger partial charge < -0.3 is 34.1 Å². The molecule has 130 heavy (non-hydrogen) atoms. The Morgan fingerprint density at radius 1 is 0.438 bits per heavy atom. The van der Waals surface area contributed by atoms with E-state index in [9.17, 15) is 61.5 Å². The van der Waals surface area contributed by atoms with E-state index in [-0.39, 0.29) is 49.5 Å². The van der Waals surface area contributed by atoms with Crippen molar-refractivity contribution in [1.82, 2.24) is 0 Å². The smallest absolute Gasteiger partial charge is 0.309 e. The monoisotopic (exact) mass is 1850 g/mol. The molecule has 26 heteroatoms. The van der Waals surface area contributed by atoms with Crippen molar-refractivity contribution >= 4 is 153 Å². The van der Waals surface area contributed by atoms with Gasteiger partial charge in [-0.3, -0.25) is 18.7 Å². The van der Waals surface area contributed by atoms with Crippen LogP contribution in [0.3, 0.4) is 0 Å². The van der Waals surface area contributed by atoms with E-state index in [0.29, 0.717) is 101 Å². The second-order valence-electron chi connectivity index (χ2n) is 36.8. The number of unbranched alkanes of at least 4 members (excludes halogenated alkanes) is 4. The number of hydrogen-bond donors (Lipinski definition) is 3. The SMILES string of the molecule is CCOC(=O)C1CC(/C=C/C2=[N+](CCCCS(=O)(=O)[O-])c3ccc4ccccc4c3C2(C)C)=C(c2ccc(N)cc2)C(=C/C=C2/N(CCCCS(=O)(=O)O)c3ccc4ccccc4c3C2(C)C)/C1.CCOC(=O)C1CC(=CC=C2N(CCCCS(=O)(=O)[O-])c3ccc4ccccc4c3C2(C)C)C(Cl)=C(C=CC2=[N+](CCCCS(=O)(=O)O)c3ccc4ccccc4c3C2(C)C)C1. The fourth-order valence-electron chi connectivity index (χ4n) is 20.5. The molecule has 0 aromatic heterocycles. The average Bonchev–Trinajstić information content (AvgIpc) is 1.59. The van der Waals surface area contributed by atoms with Gasteiger partial charge in [-0.15, -0.1) is 0 Å². The van der Waals surface area contributed by atoms with Crippen molar-refractivity contribution in [2.45, 2.75) is 168 Å². The predicted molar refractivity (Wildman–Crippen MR) is 521 cm³/mol. The summed E-state index contributed by atoms with van der Waals surface area (Å²) in [5.74, 6) is -3.03. The number of esters is 2. The van der Waals surface area contributed by atoms with Gasteiger partial charge in [-0.05, 0) is 242 Å². The number of anilines is 3. The standard InChI is InChI=1S/C55H61N3O8S2.C49H55ClN2O8S2/c1-6-66-53(59)42-35-40(23-29-48-54(2,3)51-44-17-9-7-15-37(44)21-27-46(51)57(48)31-11-13-33-67(60,61)62)50(39-19-25-43(56)26-20-39)41(36-42)24-30-49-55(4,5)52-45-18-10-8-16-38(45)22-28-47(52)58(49)32-12-14-34-68(63,64)65;1-6-60-47(53)37-31-35(21-25-42-48(2,3)44-38-17-9-7-15-33(38)19-23-40(44)51(42)27-11-13-29-61(54,55)56)46(50)36(32-37)22-26-43-49(4,5)45-39-18-10-8-16-34(39)20-24-41(45)52(43)28-12-14-30-62(57,58)59/h7-10,15-30,42,56H,6,11-14,31-36H2,1-5H3,(H2,60,61,62,63,64,65);7-10,15-26,37H,6,11-14,27-32H2,1-5H3,(H-,54,55,56,57,58,59)/b40-23+,48-29+;. The number of hydrogen-bond acceptors (Lipinski definition) is 17. The van der Waals surface area contributed by atoms with Crippen molar-refractivity contribution in [2.75, 3.05) is 77.9 Å². The van der Waals surface area contributed by atoms with Gasteiger partial charge in [-0.1, -0.05) is 185 Å². The molecule has 9 aromatic carbocycles. The summed E-state index contributed by atoms with van der Waals surface area (Å²) in [4.78, 5) is 31.9. The Balaban J connectivity index is 0.000000211. The molecule has 0 radical (unpaired) electrons. The molecule has 4 N–H and O–H groups in total. The van der Waals surface area contributed by atoms with Crippen LogP contribution < -0.4 is 15.5 Å². The summed E-state index contributed by atoms with van der Waals surface area (Å²) in [6, 6.07) is 57.8. The molecule has 684 valence electrons. The van der Waals surface area contributed by atoms with Gasteiger partial charge in [0, 0.05) is 117 Å². The average molecular weight is 1860 g/mol. The van der Waals surface area contributed by atoms with Gasteiger partial charge >= 0.3 is 11.9 Å². The Morgan fingerprint density at radius 3 is 1.22 bits per heavy atom. The van der Waals surface area contributed by atoms with Crippen molar-refractivity contribution in [3.05, 3.63) is 285 Å². The lowest BCUT2D eigenvalue weighted by molar-refractivity contribution is -0.438. The maximum absolute atomic E-state index is 13.9. The first kappa shape index (κ1) is 95.6. The van der Waals surface area contributed by atoms with E-state index in [2.05, 4.69) is 208 Å². The number of carbonyl (C=O) groups excluding carboxylic acids is 2. The van der Waals surface area contributed by atoms with Crippen molar-refractivity contribution in [3.8, 4) is 0 Å². The van der Waals surface area contributed by atoms with Crippen molar-refractivity contribution in [1.29, 1.82) is 0 Å². The minimum absolute atomic E-state index is 0.236. The molecule has 2 atom stereocenters. The largest absolute Gasteiger partial charge is 0.748 e. The number of rotatable bonds is 31. The molecular formula is C104H116ClN5O16S4. The number of allylic oxidation sites excluding steroid dienone is 16. The normalized spacial score (nSPS) is 19.6. The van der Waals surface area contributed by atoms with Gasteiger partial charge in [0.05, 0.1) is 67.6 Å². The van der Waals surface area contributed by atoms with Crippen LogP contribution in [-0.4, -0.2) is 147 Å². The first-order chi connectivity index (χ1) is 61.6. The van der Waals surface area contributed by atoms with Crippen molar-refractivity contribution in [2.24, 2.45) is 11.8 Å². The van der Waals surface area contributed by atoms with Gasteiger partial charge in [0.15, 0.2) is 11.4 Å². The highest BCUT2D eigenvalue weighted by Crippen LogP contribution is 2.55. The van der Waals surface area contributed by atoms with E-state index < -0.39 is 85.5 Å². The van der Waals surface area contributed by atoms with Crippen LogP contribution in [0, 0.1) is 11.8 Å². The molecular weight excluding hydrogens is 1740 g/mol. The summed E-state index contributed by atoms with van der Waals surface area (Å²) < 4.78 is 151. The molecule has 2 unspecified atom stereocenters. The molecule has 0 amide bonds. The summed E-state index contributed by atoms with van der Waals surface area (Å²) in [6.07, 6.45) is 21.4. The van der Waals surface area contributed by atoms with E-state index >= 15 is 0 Å². The minimum atomic E-state index is -4.36. The fraction of sp³-hybridized carbons (Fsp3) is 0.365. The van der Waals surface area contributed by atoms with E-state index in [1.54, 1.807) is 6.92 Å². The molecule has 9 aromatic rings. The molecule has 0 saturated carbocycles. The number of nitrogens with zero attached hydrogens (tertiary/aromatic N) is 4. The summed E-state index contributed by atoms with van der Waals surface area (Å²) in [5.41, 5.74) is 23.1. The molecule has 0 fully saturated rings. The highest BCUT2D eigenvalue weighted by molar-refractivity contribution is 7.86. The highest BCUT2D eigenvalue weighted by Gasteiger charge is 2.49. The first-order valence-electron chi connectivity index (χ1n) is 44.8. The number of ether oxygens (including phenoxy) is 2. The van der Waals surface area contributed by atoms with E-state index in [1.807, 2.05) is 91.9 Å². The number of carbonyl (C=O) groups is 2. The maximum Gasteiger partial charge on any atom is 0.309 e. The predicted octanol–water partition coefficient (Wildman–Crippen LogP) is 20.5. The first-order valence-corrected chi connectivity index (χ1v) is 51.6. The highest BCUT2D eigenvalue weighted by atomic mass is 35.5. The number of halogens is 1. The Labute approximate surface area is 769 Å². The van der Waals surface area contributed by atoms with E-state index in [0.717, 1.165) is 139 Å². The van der Waals surface area contributed by atoms with Crippen molar-refractivity contribution in [3.63, 3.8) is 0 Å². The third-order valence-electron chi connectivity index (χ3n) is 26.4. The molecule has 0 spiro atoms. The summed E-state index contributed by atoms with van der Waals surface area (Å²) in [7, 11) is -16.9. The Kier molecular flexibility index (Phi) is 28.5. The van der Waals surface area contributed by atoms with Crippen LogP contribution in [0.2, 0.25) is 0 Å². The zero-order valence-electron chi connectivity index (χ0n) is 75.5. The van der Waals surface area contributed by atoms with Gasteiger partial charge in [-0.25, -0.2) is 16.8 Å². The summed E-state index contributed by atoms with van der Waals surface area (Å²) in [6.45, 7) is 23.7. The molecule has 4 aliphatic heterocycles. The lowest BCUT2D eigenvalue weighted by atomic mass is 9.76. The summed E-state index contributed by atoms with van der Waals surface area (Å²) >= 11 is 7.38. The maximum atomic E-state index is 13.9. The quantitative estimate of drug-likeness (QED) is 0.0119. The zero-order valence-corrected chi connectivity index (χ0v) is 79.5. The molecule has 0 saturated heterocycles. The van der Waals surface area contributed by atoms with Gasteiger partial charge in [-0.2, -0.15) is 26.0 Å². The molecule has 6 aliphatic rings. The molecule has 2 aliphatic carbocycles. The second-order valence-corrected chi connectivity index (χ2v) is 43.3. The van der Waals surface area contributed by atoms with Crippen LogP contribution in [0.15, 0.2) is 257 Å². The Morgan fingerprint density at radius 2 is 0.800 bits per heavy atom. The molecule has 21 nitrogen and oxygen atoms in total. The second kappa shape index (κ2) is 38.8. The number of nitrogens with two attached hydrogens (primary N) is 1. The molecule has 15 rings (SSSR count). The van der Waals surface area contributed by atoms with Crippen LogP contribution >= 0.6 is 11.6 Å². The van der Waals surface area contributed by atoms with Crippen LogP contribution in [-0.2, 0) is 81.2 Å². The minimum Gasteiger partial charge on any atom is -0.748 e. The van der Waals surface area contributed by atoms with Gasteiger partial charge in [0.2, 0.25) is 11.4 Å². The molecule has 4 heterocycles. The Hall–Kier alpha value is -10.5. The summed E-state index contributed by atoms with van der Waals surface area (Å²) in [5, 5.41) is 9.52. The van der Waals surface area contributed by atoms with Gasteiger partial charge in [0.25, 0.3) is 20.2 Å². The van der Waals surface area contributed by atoms with E-state index in [4.69, 9.17) is 26.8 Å². The van der Waals surface area contributed by atoms with Crippen LogP contribution in [0.5, 0.6) is 0 Å². The number of fused-ring (bicyclic) bond motifs is 12. The van der Waals surface area contributed by atoms with Gasteiger partial charge in [0.1, 0.15) is 13.1 Å². The topological polar surface area (TPSA) is 314 Å².